The quantitative estimate of drug-likeness (QED) is 0.133. The highest BCUT2D eigenvalue weighted by Gasteiger charge is 2.31. The maximum atomic E-state index is 13.5. The molecule has 0 aliphatic carbocycles. The second-order valence-corrected chi connectivity index (χ2v) is 13.7. The number of unbranched alkanes of at least 4 members (excludes halogenated alkanes) is 1. The summed E-state index contributed by atoms with van der Waals surface area (Å²) in [6.45, 7) is 14.7. The Bertz CT molecular complexity index is 1200. The van der Waals surface area contributed by atoms with Gasteiger partial charge >= 0.3 is 0 Å². The van der Waals surface area contributed by atoms with Crippen molar-refractivity contribution < 1.29 is 24.2 Å². The number of hydrogen-bond acceptors (Lipinski definition) is 8. The van der Waals surface area contributed by atoms with Crippen molar-refractivity contribution in [3.8, 4) is 5.75 Å². The minimum absolute atomic E-state index is 0.0468. The number of phenolic OH excluding ortho intramolecular Hbond substituents is 1. The minimum atomic E-state index is -0.383. The van der Waals surface area contributed by atoms with Crippen LogP contribution in [0.1, 0.15) is 114 Å². The van der Waals surface area contributed by atoms with Crippen LogP contribution in [0.4, 0.5) is 0 Å². The van der Waals surface area contributed by atoms with E-state index in [1.165, 1.54) is 11.3 Å². The summed E-state index contributed by atoms with van der Waals surface area (Å²) in [7, 11) is 1.92. The highest BCUT2D eigenvalue weighted by atomic mass is 32.1. The standard InChI is InChI=1S/C36H59N5O5S/c1-8-12-19-40(7)24-33(43)37-23-34(44)41(18-10-3)31(26(5)6)22-32(46-20-11-4)36-39-30(25-47-36)35(45)38-28(13-9-2)21-27-14-16-29(42)17-15-27/h14-17,25-26,28,31-32,42H,8-13,18-24H2,1-7H3,(H,37,43)(H,38,45)/t28-,31?,32-/m1/s1. The third kappa shape index (κ3) is 14.3. The van der Waals surface area contributed by atoms with Gasteiger partial charge in [-0.3, -0.25) is 19.3 Å². The number of carbonyl (C=O) groups is 3. The van der Waals surface area contributed by atoms with E-state index < -0.39 is 0 Å². The number of rotatable bonds is 23. The Balaban J connectivity index is 2.17. The van der Waals surface area contributed by atoms with Gasteiger partial charge in [-0.2, -0.15) is 0 Å². The van der Waals surface area contributed by atoms with E-state index in [9.17, 15) is 19.5 Å². The van der Waals surface area contributed by atoms with Crippen molar-refractivity contribution in [3.05, 3.63) is 45.9 Å². The molecule has 1 unspecified atom stereocenters. The van der Waals surface area contributed by atoms with Gasteiger partial charge in [0.1, 0.15) is 22.6 Å². The zero-order chi connectivity index (χ0) is 34.8. The molecule has 3 amide bonds. The summed E-state index contributed by atoms with van der Waals surface area (Å²) in [6.07, 6.45) is 6.24. The number of ether oxygens (including phenoxy) is 1. The molecule has 0 aliphatic heterocycles. The van der Waals surface area contributed by atoms with Crippen LogP contribution in [0.5, 0.6) is 5.75 Å². The van der Waals surface area contributed by atoms with Gasteiger partial charge < -0.3 is 25.4 Å². The summed E-state index contributed by atoms with van der Waals surface area (Å²) in [5.41, 5.74) is 1.40. The molecule has 3 atom stereocenters. The first kappa shape index (κ1) is 40.2. The number of likely N-dealkylation sites (N-methyl/N-ethyl adjacent to an activating group) is 1. The zero-order valence-electron chi connectivity index (χ0n) is 29.7. The lowest BCUT2D eigenvalue weighted by Gasteiger charge is -2.36. The topological polar surface area (TPSA) is 124 Å². The number of hydrogen-bond donors (Lipinski definition) is 3. The summed E-state index contributed by atoms with van der Waals surface area (Å²) in [6, 6.07) is 6.86. The molecule has 1 aromatic heterocycles. The Hall–Kier alpha value is -3.02. The van der Waals surface area contributed by atoms with E-state index in [2.05, 4.69) is 45.3 Å². The minimum Gasteiger partial charge on any atom is -0.508 e. The van der Waals surface area contributed by atoms with Gasteiger partial charge in [0.15, 0.2) is 0 Å². The Morgan fingerprint density at radius 2 is 1.72 bits per heavy atom. The molecular formula is C36H59N5O5S. The Kier molecular flexibility index (Phi) is 18.6. The number of aromatic hydroxyl groups is 1. The fourth-order valence-corrected chi connectivity index (χ4v) is 6.43. The number of thiazole rings is 1. The van der Waals surface area contributed by atoms with E-state index >= 15 is 0 Å². The predicted molar refractivity (Wildman–Crippen MR) is 190 cm³/mol. The molecule has 0 radical (unpaired) electrons. The number of aromatic nitrogens is 1. The van der Waals surface area contributed by atoms with Crippen LogP contribution in [-0.4, -0.2) is 89.5 Å². The van der Waals surface area contributed by atoms with Crippen molar-refractivity contribution in [3.63, 3.8) is 0 Å². The molecule has 0 spiro atoms. The van der Waals surface area contributed by atoms with Gasteiger partial charge in [0.2, 0.25) is 11.8 Å². The SMILES string of the molecule is CCCCN(C)CC(=O)NCC(=O)N(CCC)C(C[C@@H](OCCC)c1nc(C(=O)N[C@H](CCC)Cc2ccc(O)cc2)cs1)C(C)C. The van der Waals surface area contributed by atoms with E-state index in [1.54, 1.807) is 17.5 Å². The Labute approximate surface area is 286 Å². The van der Waals surface area contributed by atoms with Crippen molar-refractivity contribution in [1.82, 2.24) is 25.4 Å². The van der Waals surface area contributed by atoms with E-state index in [4.69, 9.17) is 9.72 Å². The van der Waals surface area contributed by atoms with Crippen LogP contribution in [0.15, 0.2) is 29.6 Å². The van der Waals surface area contributed by atoms with Gasteiger partial charge in [-0.25, -0.2) is 4.98 Å². The van der Waals surface area contributed by atoms with Crippen LogP contribution in [0.2, 0.25) is 0 Å². The third-order valence-electron chi connectivity index (χ3n) is 8.10. The molecule has 0 saturated carbocycles. The van der Waals surface area contributed by atoms with Gasteiger partial charge in [-0.05, 0) is 69.3 Å². The molecule has 0 bridgehead atoms. The van der Waals surface area contributed by atoms with Crippen LogP contribution in [0.3, 0.4) is 0 Å². The summed E-state index contributed by atoms with van der Waals surface area (Å²) in [5.74, 6) is -0.144. The molecule has 1 aromatic carbocycles. The number of nitrogens with one attached hydrogen (secondary N) is 2. The maximum absolute atomic E-state index is 13.5. The van der Waals surface area contributed by atoms with Gasteiger partial charge in [0.25, 0.3) is 5.91 Å². The lowest BCUT2D eigenvalue weighted by molar-refractivity contribution is -0.136. The fraction of sp³-hybridized carbons (Fsp3) is 0.667. The van der Waals surface area contributed by atoms with E-state index in [0.29, 0.717) is 36.7 Å². The first-order valence-corrected chi connectivity index (χ1v) is 18.3. The lowest BCUT2D eigenvalue weighted by atomic mass is 9.95. The average molecular weight is 674 g/mol. The second kappa shape index (κ2) is 21.8. The molecule has 0 fully saturated rings. The second-order valence-electron chi connectivity index (χ2n) is 12.8. The Morgan fingerprint density at radius 3 is 2.34 bits per heavy atom. The molecule has 47 heavy (non-hydrogen) atoms. The van der Waals surface area contributed by atoms with E-state index in [-0.39, 0.29) is 60.7 Å². The maximum Gasteiger partial charge on any atom is 0.270 e. The number of benzene rings is 1. The van der Waals surface area contributed by atoms with Crippen LogP contribution in [-0.2, 0) is 20.7 Å². The van der Waals surface area contributed by atoms with Crippen molar-refractivity contribution in [1.29, 1.82) is 0 Å². The largest absolute Gasteiger partial charge is 0.508 e. The summed E-state index contributed by atoms with van der Waals surface area (Å²) in [4.78, 5) is 48.1. The molecule has 2 rings (SSSR count). The normalized spacial score (nSPS) is 13.4. The molecule has 11 heteroatoms. The highest BCUT2D eigenvalue weighted by Crippen LogP contribution is 2.31. The number of nitrogens with zero attached hydrogens (tertiary/aromatic N) is 3. The average Bonchev–Trinajstić information content (AvgIpc) is 3.53. The summed E-state index contributed by atoms with van der Waals surface area (Å²) < 4.78 is 6.32. The van der Waals surface area contributed by atoms with Crippen molar-refractivity contribution in [2.45, 2.75) is 111 Å². The predicted octanol–water partition coefficient (Wildman–Crippen LogP) is 5.96. The zero-order valence-corrected chi connectivity index (χ0v) is 30.5. The van der Waals surface area contributed by atoms with Crippen LogP contribution >= 0.6 is 11.3 Å². The first-order valence-electron chi connectivity index (χ1n) is 17.4. The summed E-state index contributed by atoms with van der Waals surface area (Å²) >= 11 is 1.41. The number of amides is 3. The fourth-order valence-electron chi connectivity index (χ4n) is 5.57. The lowest BCUT2D eigenvalue weighted by Crippen LogP contribution is -2.49. The van der Waals surface area contributed by atoms with Crippen LogP contribution in [0.25, 0.3) is 0 Å². The van der Waals surface area contributed by atoms with Crippen molar-refractivity contribution in [2.24, 2.45) is 5.92 Å². The smallest absolute Gasteiger partial charge is 0.270 e. The van der Waals surface area contributed by atoms with Crippen molar-refractivity contribution in [2.75, 3.05) is 39.8 Å². The highest BCUT2D eigenvalue weighted by molar-refractivity contribution is 7.09. The Morgan fingerprint density at radius 1 is 1.00 bits per heavy atom. The monoisotopic (exact) mass is 673 g/mol. The molecule has 0 aliphatic rings. The van der Waals surface area contributed by atoms with Gasteiger partial charge in [0, 0.05) is 37.0 Å². The molecule has 10 nitrogen and oxygen atoms in total. The number of phenols is 1. The molecule has 1 heterocycles. The molecule has 2 aromatic rings. The van der Waals surface area contributed by atoms with E-state index in [1.807, 2.05) is 35.9 Å². The molecular weight excluding hydrogens is 614 g/mol. The van der Waals surface area contributed by atoms with Gasteiger partial charge in [-0.1, -0.05) is 66.5 Å². The molecule has 264 valence electrons. The summed E-state index contributed by atoms with van der Waals surface area (Å²) in [5, 5.41) is 18.1. The van der Waals surface area contributed by atoms with Crippen molar-refractivity contribution >= 4 is 29.1 Å². The number of carbonyl (C=O) groups excluding carboxylic acids is 3. The first-order chi connectivity index (χ1) is 22.5. The van der Waals surface area contributed by atoms with Crippen LogP contribution in [0, 0.1) is 5.92 Å². The molecule has 0 saturated heterocycles. The van der Waals surface area contributed by atoms with Gasteiger partial charge in [0.05, 0.1) is 13.1 Å². The molecule has 3 N–H and O–H groups in total. The third-order valence-corrected chi connectivity index (χ3v) is 9.03. The van der Waals surface area contributed by atoms with Crippen LogP contribution < -0.4 is 10.6 Å². The van der Waals surface area contributed by atoms with E-state index in [0.717, 1.165) is 50.6 Å². The van der Waals surface area contributed by atoms with Gasteiger partial charge in [-0.15, -0.1) is 11.3 Å².